The Morgan fingerprint density at radius 1 is 0.947 bits per heavy atom. The molecule has 0 spiro atoms. The number of rotatable bonds is 19. The highest BCUT2D eigenvalue weighted by molar-refractivity contribution is 7.98. The number of hydrogen-bond donors (Lipinski definition) is 6. The van der Waals surface area contributed by atoms with Crippen LogP contribution in [0.4, 0.5) is 26.2 Å². The Balaban J connectivity index is 1.03. The minimum Gasteiger partial charge on any atom is -0.369 e. The van der Waals surface area contributed by atoms with E-state index in [9.17, 15) is 28.0 Å². The molecule has 57 heavy (non-hydrogen) atoms. The first kappa shape index (κ1) is 42.8. The molecule has 1 aromatic carbocycles. The molecule has 21 heteroatoms. The topological polar surface area (TPSA) is 231 Å². The van der Waals surface area contributed by atoms with Crippen LogP contribution in [-0.4, -0.2) is 145 Å². The van der Waals surface area contributed by atoms with Crippen molar-refractivity contribution in [2.24, 2.45) is 5.73 Å². The van der Waals surface area contributed by atoms with Crippen LogP contribution in [0.3, 0.4) is 0 Å². The van der Waals surface area contributed by atoms with E-state index in [-0.39, 0.29) is 38.4 Å². The summed E-state index contributed by atoms with van der Waals surface area (Å²) < 4.78 is 34.8. The highest BCUT2D eigenvalue weighted by Gasteiger charge is 2.30. The Kier molecular flexibility index (Phi) is 15.5. The van der Waals surface area contributed by atoms with Crippen molar-refractivity contribution >= 4 is 58.9 Å². The summed E-state index contributed by atoms with van der Waals surface area (Å²) in [4.78, 5) is 63.6. The summed E-state index contributed by atoms with van der Waals surface area (Å²) in [5.74, 6) is -1.43. The lowest BCUT2D eigenvalue weighted by atomic mass is 10.1. The molecule has 2 aliphatic rings. The van der Waals surface area contributed by atoms with E-state index in [1.54, 1.807) is 16.9 Å². The third kappa shape index (κ3) is 12.6. The molecule has 2 aromatic heterocycles. The number of carbonyl (C=O) groups is 4. The average molecular weight is 814 g/mol. The normalized spacial score (nSPS) is 15.3. The third-order valence-electron chi connectivity index (χ3n) is 9.30. The van der Waals surface area contributed by atoms with Gasteiger partial charge in [0.15, 0.2) is 5.82 Å². The van der Waals surface area contributed by atoms with Gasteiger partial charge in [0.25, 0.3) is 0 Å². The van der Waals surface area contributed by atoms with Gasteiger partial charge in [-0.15, -0.1) is 0 Å². The molecule has 1 atom stereocenters. The van der Waals surface area contributed by atoms with Crippen molar-refractivity contribution in [1.29, 1.82) is 0 Å². The zero-order chi connectivity index (χ0) is 40.9. The fraction of sp³-hybridized carbons (Fsp3) is 0.472. The van der Waals surface area contributed by atoms with E-state index < -0.39 is 41.3 Å². The van der Waals surface area contributed by atoms with Crippen LogP contribution in [0.15, 0.2) is 36.5 Å². The van der Waals surface area contributed by atoms with E-state index in [4.69, 9.17) is 16.2 Å². The number of hydrogen-bond acceptors (Lipinski definition) is 14. The van der Waals surface area contributed by atoms with Crippen molar-refractivity contribution in [1.82, 2.24) is 45.9 Å². The van der Waals surface area contributed by atoms with Gasteiger partial charge >= 0.3 is 0 Å². The third-order valence-corrected chi connectivity index (χ3v) is 9.95. The van der Waals surface area contributed by atoms with Gasteiger partial charge in [-0.05, 0) is 37.5 Å². The standard InChI is InChI=1S/C36H49F2N13O5S/c1-23-24(4-3-6-48-7-9-49(10-8-48)27-13-25(37)12-26(38)14-27)17-44-51(23)31-15-30(46-36(40)47-31)50-20-28(21-50)56-22-43-33(53)18-42-35(55)29(5-11-57-2)45-34(54)19-41-32(52)16-39/h3-4,12-15,17,28-29H,5-11,16,18-22,39H2,1-2H3,(H,41,52)(H,42,55)(H,43,53)(H,45,54)(H2,40,46,47)/b4-3+/t29-/m0/s1. The molecule has 0 aliphatic carbocycles. The Bertz CT molecular complexity index is 1880. The number of nitrogens with one attached hydrogen (secondary N) is 4. The Morgan fingerprint density at radius 2 is 1.65 bits per heavy atom. The lowest BCUT2D eigenvalue weighted by Gasteiger charge is -2.39. The molecular formula is C36H49F2N13O5S. The lowest BCUT2D eigenvalue weighted by molar-refractivity contribution is -0.131. The number of piperazine rings is 1. The first-order chi connectivity index (χ1) is 27.4. The van der Waals surface area contributed by atoms with Crippen molar-refractivity contribution in [3.8, 4) is 5.82 Å². The number of ether oxygens (including phenoxy) is 1. The fourth-order valence-electron chi connectivity index (χ4n) is 6.09. The summed E-state index contributed by atoms with van der Waals surface area (Å²) >= 11 is 1.50. The molecule has 2 aliphatic heterocycles. The zero-order valence-electron chi connectivity index (χ0n) is 31.9. The molecule has 0 saturated carbocycles. The number of nitrogens with two attached hydrogens (primary N) is 2. The Hall–Kier alpha value is -5.38. The number of nitrogen functional groups attached to an aromatic ring is 1. The first-order valence-electron chi connectivity index (χ1n) is 18.4. The second-order valence-electron chi connectivity index (χ2n) is 13.4. The van der Waals surface area contributed by atoms with Gasteiger partial charge in [0.2, 0.25) is 29.6 Å². The lowest BCUT2D eigenvalue weighted by Crippen LogP contribution is -2.54. The number of halogens is 2. The molecule has 2 saturated heterocycles. The van der Waals surface area contributed by atoms with Crippen LogP contribution in [0.5, 0.6) is 0 Å². The van der Waals surface area contributed by atoms with Crippen LogP contribution in [0.25, 0.3) is 11.9 Å². The number of nitrogens with zero attached hydrogens (tertiary/aromatic N) is 7. The predicted molar refractivity (Wildman–Crippen MR) is 212 cm³/mol. The predicted octanol–water partition coefficient (Wildman–Crippen LogP) is -0.626. The molecule has 2 fully saturated rings. The van der Waals surface area contributed by atoms with E-state index in [1.807, 2.05) is 29.1 Å². The van der Waals surface area contributed by atoms with Gasteiger partial charge in [-0.3, -0.25) is 24.1 Å². The molecule has 4 amide bonds. The summed E-state index contributed by atoms with van der Waals surface area (Å²) in [6.45, 7) is 5.49. The van der Waals surface area contributed by atoms with Gasteiger partial charge in [-0.2, -0.15) is 26.8 Å². The number of anilines is 3. The minimum absolute atomic E-state index is 0.0764. The Morgan fingerprint density at radius 3 is 2.35 bits per heavy atom. The summed E-state index contributed by atoms with van der Waals surface area (Å²) in [6, 6.07) is 4.50. The number of benzene rings is 1. The molecule has 8 N–H and O–H groups in total. The summed E-state index contributed by atoms with van der Waals surface area (Å²) in [5, 5.41) is 14.6. The second-order valence-corrected chi connectivity index (χ2v) is 14.4. The summed E-state index contributed by atoms with van der Waals surface area (Å²) in [7, 11) is 0. The maximum absolute atomic E-state index is 13.7. The van der Waals surface area contributed by atoms with Crippen molar-refractivity contribution in [2.75, 3.05) is 99.7 Å². The van der Waals surface area contributed by atoms with Crippen molar-refractivity contribution < 1.29 is 32.7 Å². The average Bonchev–Trinajstić information content (AvgIpc) is 3.54. The maximum atomic E-state index is 13.7. The van der Waals surface area contributed by atoms with E-state index in [0.717, 1.165) is 30.4 Å². The smallest absolute Gasteiger partial charge is 0.243 e. The monoisotopic (exact) mass is 813 g/mol. The first-order valence-corrected chi connectivity index (χ1v) is 19.8. The molecule has 4 heterocycles. The van der Waals surface area contributed by atoms with Gasteiger partial charge in [0.05, 0.1) is 37.6 Å². The van der Waals surface area contributed by atoms with Gasteiger partial charge in [-0.25, -0.2) is 13.5 Å². The molecular weight excluding hydrogens is 765 g/mol. The Labute approximate surface area is 333 Å². The maximum Gasteiger partial charge on any atom is 0.243 e. The van der Waals surface area contributed by atoms with Crippen LogP contribution in [0.1, 0.15) is 17.7 Å². The van der Waals surface area contributed by atoms with Gasteiger partial charge in [0, 0.05) is 69.2 Å². The van der Waals surface area contributed by atoms with Crippen LogP contribution in [0, 0.1) is 18.6 Å². The van der Waals surface area contributed by atoms with Crippen molar-refractivity contribution in [3.63, 3.8) is 0 Å². The number of aromatic nitrogens is 4. The fourth-order valence-corrected chi connectivity index (χ4v) is 6.56. The second kappa shape index (κ2) is 20.7. The van der Waals surface area contributed by atoms with E-state index in [2.05, 4.69) is 47.3 Å². The van der Waals surface area contributed by atoms with Crippen LogP contribution >= 0.6 is 11.8 Å². The molecule has 3 aromatic rings. The van der Waals surface area contributed by atoms with Crippen molar-refractivity contribution in [3.05, 3.63) is 59.4 Å². The SMILES string of the molecule is CSCC[C@H](NC(=O)CNC(=O)CN)C(=O)NCC(=O)NCOC1CN(c2cc(-n3ncc(/C=C/CN4CCN(c5cc(F)cc(F)c5)CC4)c3C)nc(N)n2)C1. The highest BCUT2D eigenvalue weighted by Crippen LogP contribution is 2.24. The van der Waals surface area contributed by atoms with E-state index in [1.165, 1.54) is 23.9 Å². The highest BCUT2D eigenvalue weighted by atomic mass is 32.2. The largest absolute Gasteiger partial charge is 0.369 e. The number of carbonyl (C=O) groups excluding carboxylic acids is 4. The molecule has 0 radical (unpaired) electrons. The van der Waals surface area contributed by atoms with Gasteiger partial charge in [-0.1, -0.05) is 12.2 Å². The minimum atomic E-state index is -0.882. The molecule has 0 unspecified atom stereocenters. The summed E-state index contributed by atoms with van der Waals surface area (Å²) in [6.07, 6.45) is 7.82. The van der Waals surface area contributed by atoms with Crippen LogP contribution in [-0.2, 0) is 23.9 Å². The van der Waals surface area contributed by atoms with Crippen molar-refractivity contribution in [2.45, 2.75) is 25.5 Å². The molecule has 0 bridgehead atoms. The quantitative estimate of drug-likeness (QED) is 0.0829. The van der Waals surface area contributed by atoms with Gasteiger partial charge < -0.3 is 47.3 Å². The molecule has 18 nitrogen and oxygen atoms in total. The number of thioether (sulfide) groups is 1. The van der Waals surface area contributed by atoms with E-state index >= 15 is 0 Å². The zero-order valence-corrected chi connectivity index (χ0v) is 32.7. The van der Waals surface area contributed by atoms with Crippen LogP contribution < -0.4 is 42.5 Å². The van der Waals surface area contributed by atoms with Gasteiger partial charge in [0.1, 0.15) is 30.2 Å². The molecule has 5 rings (SSSR count). The van der Waals surface area contributed by atoms with E-state index in [0.29, 0.717) is 62.2 Å². The molecule has 308 valence electrons. The van der Waals surface area contributed by atoms with Crippen LogP contribution in [0.2, 0.25) is 0 Å². The number of amides is 4. The summed E-state index contributed by atoms with van der Waals surface area (Å²) in [5.41, 5.74) is 13.6.